The van der Waals surface area contributed by atoms with Gasteiger partial charge in [-0.2, -0.15) is 0 Å². The van der Waals surface area contributed by atoms with E-state index in [1.165, 1.54) is 0 Å². The van der Waals surface area contributed by atoms with Crippen LogP contribution in [0, 0.1) is 6.92 Å². The third-order valence-corrected chi connectivity index (χ3v) is 4.21. The van der Waals surface area contributed by atoms with Crippen molar-refractivity contribution in [3.8, 4) is 5.75 Å². The van der Waals surface area contributed by atoms with E-state index in [0.717, 1.165) is 22.7 Å². The Hall–Kier alpha value is -3.05. The summed E-state index contributed by atoms with van der Waals surface area (Å²) in [4.78, 5) is 16.5. The Morgan fingerprint density at radius 2 is 1.69 bits per heavy atom. The van der Waals surface area contributed by atoms with Gasteiger partial charge in [0.1, 0.15) is 11.4 Å². The minimum Gasteiger partial charge on any atom is -0.497 e. The van der Waals surface area contributed by atoms with Gasteiger partial charge in [0.05, 0.1) is 19.0 Å². The van der Waals surface area contributed by atoms with Gasteiger partial charge in [-0.1, -0.05) is 17.7 Å². The molecule has 0 saturated heterocycles. The molecule has 132 valence electrons. The zero-order valence-corrected chi connectivity index (χ0v) is 15.2. The number of halogens is 1. The number of pyridine rings is 1. The summed E-state index contributed by atoms with van der Waals surface area (Å²) in [6.07, 6.45) is 1.61. The van der Waals surface area contributed by atoms with E-state index in [9.17, 15) is 4.79 Å². The first kappa shape index (κ1) is 17.8. The summed E-state index contributed by atoms with van der Waals surface area (Å²) in [6, 6.07) is 16.3. The van der Waals surface area contributed by atoms with E-state index in [1.54, 1.807) is 49.7 Å². The number of benzene rings is 2. The van der Waals surface area contributed by atoms with Crippen LogP contribution in [-0.2, 0) is 0 Å². The van der Waals surface area contributed by atoms with Crippen LogP contribution in [0.2, 0.25) is 5.02 Å². The van der Waals surface area contributed by atoms with Crippen LogP contribution >= 0.6 is 11.6 Å². The molecule has 6 heteroatoms. The second-order valence-electron chi connectivity index (χ2n) is 5.70. The predicted molar refractivity (Wildman–Crippen MR) is 105 cm³/mol. The van der Waals surface area contributed by atoms with Crippen molar-refractivity contribution < 1.29 is 9.53 Å². The van der Waals surface area contributed by atoms with Crippen LogP contribution in [0.1, 0.15) is 16.1 Å². The first-order chi connectivity index (χ1) is 12.5. The standard InChI is InChI=1S/C20H18ClN3O2/c1-13-3-4-15(11-18(13)21)23-16-7-10-19(22-12-16)20(25)24-14-5-8-17(26-2)9-6-14/h3-12,23H,1-2H3,(H,24,25). The minimum atomic E-state index is -0.278. The van der Waals surface area contributed by atoms with Crippen molar-refractivity contribution in [3.05, 3.63) is 77.1 Å². The van der Waals surface area contributed by atoms with E-state index < -0.39 is 0 Å². The number of hydrogen-bond donors (Lipinski definition) is 2. The van der Waals surface area contributed by atoms with Crippen LogP contribution in [0.15, 0.2) is 60.8 Å². The molecule has 0 aliphatic carbocycles. The molecule has 26 heavy (non-hydrogen) atoms. The molecular formula is C20H18ClN3O2. The van der Waals surface area contributed by atoms with Crippen molar-refractivity contribution in [1.82, 2.24) is 4.98 Å². The number of rotatable bonds is 5. The van der Waals surface area contributed by atoms with Gasteiger partial charge in [0.25, 0.3) is 5.91 Å². The van der Waals surface area contributed by atoms with Crippen LogP contribution < -0.4 is 15.4 Å². The van der Waals surface area contributed by atoms with Gasteiger partial charge in [-0.25, -0.2) is 4.98 Å². The summed E-state index contributed by atoms with van der Waals surface area (Å²) in [5.74, 6) is 0.452. The van der Waals surface area contributed by atoms with Gasteiger partial charge in [-0.05, 0) is 61.0 Å². The highest BCUT2D eigenvalue weighted by Gasteiger charge is 2.08. The van der Waals surface area contributed by atoms with Gasteiger partial charge in [0.2, 0.25) is 0 Å². The van der Waals surface area contributed by atoms with Gasteiger partial charge in [-0.15, -0.1) is 0 Å². The lowest BCUT2D eigenvalue weighted by Gasteiger charge is -2.09. The second-order valence-corrected chi connectivity index (χ2v) is 6.11. The normalized spacial score (nSPS) is 10.3. The summed E-state index contributed by atoms with van der Waals surface area (Å²) >= 11 is 6.13. The maximum atomic E-state index is 12.3. The molecule has 1 heterocycles. The molecular weight excluding hydrogens is 350 g/mol. The van der Waals surface area contributed by atoms with Gasteiger partial charge in [0.15, 0.2) is 0 Å². The van der Waals surface area contributed by atoms with E-state index in [-0.39, 0.29) is 5.91 Å². The molecule has 0 atom stereocenters. The zero-order chi connectivity index (χ0) is 18.5. The Balaban J connectivity index is 1.66. The molecule has 0 aliphatic rings. The molecule has 0 spiro atoms. The molecule has 2 N–H and O–H groups in total. The number of methoxy groups -OCH3 is 1. The highest BCUT2D eigenvalue weighted by atomic mass is 35.5. The van der Waals surface area contributed by atoms with Gasteiger partial charge in [0, 0.05) is 16.4 Å². The fourth-order valence-electron chi connectivity index (χ4n) is 2.31. The summed E-state index contributed by atoms with van der Waals surface area (Å²) in [5.41, 5.74) is 3.65. The van der Waals surface area contributed by atoms with Gasteiger partial charge >= 0.3 is 0 Å². The molecule has 3 aromatic rings. The van der Waals surface area contributed by atoms with E-state index in [1.807, 2.05) is 25.1 Å². The number of carbonyl (C=O) groups is 1. The molecule has 2 aromatic carbocycles. The van der Waals surface area contributed by atoms with Crippen molar-refractivity contribution in [1.29, 1.82) is 0 Å². The molecule has 0 bridgehead atoms. The largest absolute Gasteiger partial charge is 0.497 e. The zero-order valence-electron chi connectivity index (χ0n) is 14.4. The van der Waals surface area contributed by atoms with E-state index in [0.29, 0.717) is 16.4 Å². The van der Waals surface area contributed by atoms with Crippen LogP contribution in [0.5, 0.6) is 5.75 Å². The van der Waals surface area contributed by atoms with Crippen molar-refractivity contribution in [3.63, 3.8) is 0 Å². The average Bonchev–Trinajstić information content (AvgIpc) is 2.66. The van der Waals surface area contributed by atoms with E-state index in [2.05, 4.69) is 15.6 Å². The topological polar surface area (TPSA) is 63.2 Å². The molecule has 0 saturated carbocycles. The SMILES string of the molecule is COc1ccc(NC(=O)c2ccc(Nc3ccc(C)c(Cl)c3)cn2)cc1. The number of amides is 1. The fourth-order valence-corrected chi connectivity index (χ4v) is 2.49. The Morgan fingerprint density at radius 3 is 2.31 bits per heavy atom. The quantitative estimate of drug-likeness (QED) is 0.662. The molecule has 0 radical (unpaired) electrons. The lowest BCUT2D eigenvalue weighted by molar-refractivity contribution is 0.102. The third kappa shape index (κ3) is 4.32. The van der Waals surface area contributed by atoms with Crippen molar-refractivity contribution in [2.45, 2.75) is 6.92 Å². The molecule has 5 nitrogen and oxygen atoms in total. The highest BCUT2D eigenvalue weighted by Crippen LogP contribution is 2.23. The number of carbonyl (C=O) groups excluding carboxylic acids is 1. The average molecular weight is 368 g/mol. The number of hydrogen-bond acceptors (Lipinski definition) is 4. The Bertz CT molecular complexity index is 909. The molecule has 0 fully saturated rings. The van der Waals surface area contributed by atoms with E-state index >= 15 is 0 Å². The Labute approximate surface area is 157 Å². The fraction of sp³-hybridized carbons (Fsp3) is 0.100. The number of aryl methyl sites for hydroxylation is 1. The smallest absolute Gasteiger partial charge is 0.274 e. The van der Waals surface area contributed by atoms with Crippen LogP contribution in [0.25, 0.3) is 0 Å². The minimum absolute atomic E-state index is 0.278. The van der Waals surface area contributed by atoms with Gasteiger partial charge in [-0.3, -0.25) is 4.79 Å². The Kier molecular flexibility index (Phi) is 5.39. The number of anilines is 3. The lowest BCUT2D eigenvalue weighted by Crippen LogP contribution is -2.13. The maximum Gasteiger partial charge on any atom is 0.274 e. The predicted octanol–water partition coefficient (Wildman–Crippen LogP) is 5.05. The van der Waals surface area contributed by atoms with Crippen molar-refractivity contribution in [2.24, 2.45) is 0 Å². The third-order valence-electron chi connectivity index (χ3n) is 3.80. The Morgan fingerprint density at radius 1 is 1.00 bits per heavy atom. The van der Waals surface area contributed by atoms with Crippen LogP contribution in [0.3, 0.4) is 0 Å². The summed E-state index contributed by atoms with van der Waals surface area (Å²) in [7, 11) is 1.59. The van der Waals surface area contributed by atoms with Crippen LogP contribution in [-0.4, -0.2) is 18.0 Å². The summed E-state index contributed by atoms with van der Waals surface area (Å²) < 4.78 is 5.09. The maximum absolute atomic E-state index is 12.3. The molecule has 3 rings (SSSR count). The van der Waals surface area contributed by atoms with Crippen molar-refractivity contribution in [2.75, 3.05) is 17.7 Å². The first-order valence-electron chi connectivity index (χ1n) is 8.00. The van der Waals surface area contributed by atoms with Crippen LogP contribution in [0.4, 0.5) is 17.1 Å². The summed E-state index contributed by atoms with van der Waals surface area (Å²) in [5, 5.41) is 6.70. The molecule has 1 amide bonds. The second kappa shape index (κ2) is 7.89. The number of ether oxygens (including phenoxy) is 1. The van der Waals surface area contributed by atoms with E-state index in [4.69, 9.17) is 16.3 Å². The molecule has 1 aromatic heterocycles. The number of nitrogens with one attached hydrogen (secondary N) is 2. The number of aromatic nitrogens is 1. The lowest BCUT2D eigenvalue weighted by atomic mass is 10.2. The monoisotopic (exact) mass is 367 g/mol. The number of nitrogens with zero attached hydrogens (tertiary/aromatic N) is 1. The van der Waals surface area contributed by atoms with Gasteiger partial charge < -0.3 is 15.4 Å². The first-order valence-corrected chi connectivity index (χ1v) is 8.37. The molecule has 0 unspecified atom stereocenters. The molecule has 0 aliphatic heterocycles. The summed E-state index contributed by atoms with van der Waals surface area (Å²) in [6.45, 7) is 1.95. The highest BCUT2D eigenvalue weighted by molar-refractivity contribution is 6.31. The van der Waals surface area contributed by atoms with Crippen molar-refractivity contribution >= 4 is 34.6 Å².